The fraction of sp³-hybridized carbons (Fsp3) is 0. The normalized spacial score (nSPS) is 11.1. The van der Waals surface area contributed by atoms with Crippen LogP contribution in [0.15, 0.2) is 119 Å². The molecule has 4 heteroatoms. The second-order valence-electron chi connectivity index (χ2n) is 6.65. The van der Waals surface area contributed by atoms with Gasteiger partial charge in [0.25, 0.3) is 0 Å². The summed E-state index contributed by atoms with van der Waals surface area (Å²) in [6, 6.07) is 36.2. The molecule has 0 atom stereocenters. The van der Waals surface area contributed by atoms with Crippen molar-refractivity contribution < 1.29 is 0 Å². The van der Waals surface area contributed by atoms with Crippen molar-refractivity contribution in [2.75, 3.05) is 10.9 Å². The van der Waals surface area contributed by atoms with E-state index >= 15 is 0 Å². The van der Waals surface area contributed by atoms with Gasteiger partial charge < -0.3 is 0 Å². The van der Waals surface area contributed by atoms with E-state index in [1.54, 1.807) is 0 Å². The van der Waals surface area contributed by atoms with Crippen LogP contribution in [0.3, 0.4) is 0 Å². The number of nitrogens with one attached hydrogen (secondary N) is 2. The third kappa shape index (κ3) is 5.00. The quantitative estimate of drug-likeness (QED) is 0.290. The van der Waals surface area contributed by atoms with Gasteiger partial charge in [0.2, 0.25) is 0 Å². The molecule has 0 fully saturated rings. The Morgan fingerprint density at radius 2 is 0.800 bits per heavy atom. The number of benzene rings is 4. The molecule has 4 rings (SSSR count). The molecule has 0 radical (unpaired) electrons. The Bertz CT molecular complexity index is 1040. The highest BCUT2D eigenvalue weighted by Crippen LogP contribution is 2.25. The monoisotopic (exact) mass is 390 g/mol. The van der Waals surface area contributed by atoms with Gasteiger partial charge in [-0.1, -0.05) is 84.9 Å². The van der Waals surface area contributed by atoms with Crippen LogP contribution in [0.2, 0.25) is 0 Å². The first-order valence-electron chi connectivity index (χ1n) is 9.77. The highest BCUT2D eigenvalue weighted by atomic mass is 15.3. The molecule has 0 unspecified atom stereocenters. The molecule has 0 bridgehead atoms. The van der Waals surface area contributed by atoms with E-state index in [0.717, 1.165) is 33.6 Å². The van der Waals surface area contributed by atoms with E-state index in [1.165, 1.54) is 0 Å². The maximum absolute atomic E-state index is 4.41. The summed E-state index contributed by atoms with van der Waals surface area (Å²) in [7, 11) is 0. The van der Waals surface area contributed by atoms with Crippen LogP contribution in [0.5, 0.6) is 0 Å². The molecule has 2 N–H and O–H groups in total. The summed E-state index contributed by atoms with van der Waals surface area (Å²) in [6.45, 7) is 0. The van der Waals surface area contributed by atoms with Gasteiger partial charge in [0, 0.05) is 11.1 Å². The molecular formula is C26H22N4. The van der Waals surface area contributed by atoms with Gasteiger partial charge in [-0.2, -0.15) is 10.2 Å². The zero-order valence-corrected chi connectivity index (χ0v) is 16.4. The number of nitrogens with zero attached hydrogens (tertiary/aromatic N) is 2. The van der Waals surface area contributed by atoms with Crippen LogP contribution in [-0.4, -0.2) is 12.4 Å². The van der Waals surface area contributed by atoms with Crippen molar-refractivity contribution in [1.29, 1.82) is 0 Å². The van der Waals surface area contributed by atoms with E-state index in [4.69, 9.17) is 0 Å². The zero-order chi connectivity index (χ0) is 20.4. The molecule has 0 aliphatic heterocycles. The summed E-state index contributed by atoms with van der Waals surface area (Å²) in [6.07, 6.45) is 3.69. The number of hydrazone groups is 2. The summed E-state index contributed by atoms with van der Waals surface area (Å²) < 4.78 is 0. The zero-order valence-electron chi connectivity index (χ0n) is 16.4. The molecule has 4 nitrogen and oxygen atoms in total. The number of rotatable bonds is 7. The molecule has 0 spiro atoms. The van der Waals surface area contributed by atoms with Crippen molar-refractivity contribution in [3.63, 3.8) is 0 Å². The summed E-state index contributed by atoms with van der Waals surface area (Å²) in [4.78, 5) is 0. The van der Waals surface area contributed by atoms with Crippen molar-refractivity contribution in [2.24, 2.45) is 10.2 Å². The fourth-order valence-electron chi connectivity index (χ4n) is 3.09. The Morgan fingerprint density at radius 1 is 0.433 bits per heavy atom. The van der Waals surface area contributed by atoms with Gasteiger partial charge in [-0.25, -0.2) is 0 Å². The van der Waals surface area contributed by atoms with E-state index in [2.05, 4.69) is 45.3 Å². The Morgan fingerprint density at radius 3 is 1.23 bits per heavy atom. The maximum Gasteiger partial charge on any atom is 0.0561 e. The summed E-state index contributed by atoms with van der Waals surface area (Å²) in [5.74, 6) is 0. The van der Waals surface area contributed by atoms with Crippen molar-refractivity contribution in [1.82, 2.24) is 0 Å². The van der Waals surface area contributed by atoms with Crippen LogP contribution in [0.4, 0.5) is 11.4 Å². The molecule has 0 heterocycles. The van der Waals surface area contributed by atoms with E-state index in [1.807, 2.05) is 97.4 Å². The first-order valence-corrected chi connectivity index (χ1v) is 9.77. The molecule has 0 saturated heterocycles. The Balaban J connectivity index is 1.57. The maximum atomic E-state index is 4.41. The minimum Gasteiger partial charge on any atom is -0.279 e. The van der Waals surface area contributed by atoms with Crippen LogP contribution < -0.4 is 10.9 Å². The molecule has 30 heavy (non-hydrogen) atoms. The van der Waals surface area contributed by atoms with Gasteiger partial charge in [-0.3, -0.25) is 10.9 Å². The predicted molar refractivity (Wildman–Crippen MR) is 127 cm³/mol. The summed E-state index contributed by atoms with van der Waals surface area (Å²) in [5, 5.41) is 8.82. The highest BCUT2D eigenvalue weighted by Gasteiger charge is 2.07. The molecule has 0 saturated carbocycles. The van der Waals surface area contributed by atoms with E-state index in [0.29, 0.717) is 0 Å². The first kappa shape index (κ1) is 19.2. The molecule has 4 aromatic rings. The second kappa shape index (κ2) is 9.85. The number of hydrogen-bond acceptors (Lipinski definition) is 4. The Kier molecular flexibility index (Phi) is 6.28. The third-order valence-corrected chi connectivity index (χ3v) is 4.55. The van der Waals surface area contributed by atoms with Crippen molar-refractivity contribution >= 4 is 23.8 Å². The van der Waals surface area contributed by atoms with Crippen LogP contribution in [0.25, 0.3) is 11.1 Å². The topological polar surface area (TPSA) is 48.8 Å². The smallest absolute Gasteiger partial charge is 0.0561 e. The molecular weight excluding hydrogens is 368 g/mol. The lowest BCUT2D eigenvalue weighted by Gasteiger charge is -2.09. The van der Waals surface area contributed by atoms with Crippen molar-refractivity contribution in [2.45, 2.75) is 0 Å². The molecule has 4 aromatic carbocycles. The average Bonchev–Trinajstić information content (AvgIpc) is 2.81. The average molecular weight is 390 g/mol. The number of hydrogen-bond donors (Lipinski definition) is 2. The first-order chi connectivity index (χ1) is 14.9. The van der Waals surface area contributed by atoms with Gasteiger partial charge in [0.1, 0.15) is 0 Å². The predicted octanol–water partition coefficient (Wildman–Crippen LogP) is 6.25. The van der Waals surface area contributed by atoms with Crippen LogP contribution >= 0.6 is 0 Å². The Hall–Kier alpha value is -4.18. The highest BCUT2D eigenvalue weighted by molar-refractivity contribution is 5.97. The number of para-hydroxylation sites is 2. The molecule has 0 aromatic heterocycles. The van der Waals surface area contributed by atoms with E-state index < -0.39 is 0 Å². The van der Waals surface area contributed by atoms with Crippen LogP contribution in [0.1, 0.15) is 11.1 Å². The largest absolute Gasteiger partial charge is 0.279 e. The lowest BCUT2D eigenvalue weighted by atomic mass is 9.96. The lowest BCUT2D eigenvalue weighted by molar-refractivity contribution is 1.35. The fourth-order valence-corrected chi connectivity index (χ4v) is 3.09. The lowest BCUT2D eigenvalue weighted by Crippen LogP contribution is -1.96. The molecule has 0 aliphatic rings. The minimum atomic E-state index is 0.950. The molecule has 0 amide bonds. The van der Waals surface area contributed by atoms with Crippen molar-refractivity contribution in [3.05, 3.63) is 120 Å². The van der Waals surface area contributed by atoms with Crippen molar-refractivity contribution in [3.8, 4) is 11.1 Å². The minimum absolute atomic E-state index is 0.950. The van der Waals surface area contributed by atoms with Gasteiger partial charge in [0.15, 0.2) is 0 Å². The molecule has 146 valence electrons. The Labute approximate surface area is 176 Å². The van der Waals surface area contributed by atoms with Crippen LogP contribution in [0, 0.1) is 0 Å². The van der Waals surface area contributed by atoms with Gasteiger partial charge in [0.05, 0.1) is 23.8 Å². The second-order valence-corrected chi connectivity index (χ2v) is 6.65. The van der Waals surface area contributed by atoms with E-state index in [9.17, 15) is 0 Å². The van der Waals surface area contributed by atoms with E-state index in [-0.39, 0.29) is 0 Å². The van der Waals surface area contributed by atoms with Crippen LogP contribution in [-0.2, 0) is 0 Å². The molecule has 0 aliphatic carbocycles. The van der Waals surface area contributed by atoms with Gasteiger partial charge in [-0.15, -0.1) is 0 Å². The van der Waals surface area contributed by atoms with Gasteiger partial charge >= 0.3 is 0 Å². The third-order valence-electron chi connectivity index (χ3n) is 4.55. The summed E-state index contributed by atoms with van der Waals surface area (Å²) in [5.41, 5.74) is 12.3. The standard InChI is InChI=1S/C26H22N4/c1-3-13-23(14-4-1)29-27-19-21-11-7-9-17-25(21)26-18-10-8-12-22(26)20-28-30-24-15-5-2-6-16-24/h1-20,29-30H/b27-19+,28-20+. The summed E-state index contributed by atoms with van der Waals surface area (Å²) >= 11 is 0. The van der Waals surface area contributed by atoms with Gasteiger partial charge in [-0.05, 0) is 35.4 Å². The SMILES string of the molecule is C(=N\Nc1ccccc1)/c1ccccc1-c1ccccc1/C=N/Nc1ccccc1. The number of anilines is 2.